The average molecular weight is 236 g/mol. The molecule has 9 heteroatoms. The predicted molar refractivity (Wildman–Crippen MR) is 42.9 cm³/mol. The summed E-state index contributed by atoms with van der Waals surface area (Å²) in [5.74, 6) is 0. The van der Waals surface area contributed by atoms with Crippen molar-refractivity contribution in [3.8, 4) is 0 Å². The lowest BCUT2D eigenvalue weighted by molar-refractivity contribution is -0.0436. The Morgan fingerprint density at radius 3 is 1.64 bits per heavy atom. The van der Waals surface area contributed by atoms with E-state index in [-0.39, 0.29) is 0 Å². The van der Waals surface area contributed by atoms with Gasteiger partial charge in [0.05, 0.1) is 13.2 Å². The number of rotatable bonds is 0. The van der Waals surface area contributed by atoms with Gasteiger partial charge in [0.1, 0.15) is 0 Å². The minimum absolute atomic E-state index is 0.889. The first-order chi connectivity index (χ1) is 6.25. The number of nitrogens with two attached hydrogens (primary N) is 1. The highest BCUT2D eigenvalue weighted by Crippen LogP contribution is 2.18. The summed E-state index contributed by atoms with van der Waals surface area (Å²) < 4.78 is 56.2. The lowest BCUT2D eigenvalue weighted by Crippen LogP contribution is -2.30. The molecule has 0 bridgehead atoms. The molecular weight excluding hydrogens is 225 g/mol. The molecule has 0 aromatic heterocycles. The van der Waals surface area contributed by atoms with Crippen LogP contribution in [0.4, 0.5) is 13.2 Å². The smallest absolute Gasteiger partial charge is 0.379 e. The minimum Gasteiger partial charge on any atom is -0.379 e. The number of hydrogen-bond donors (Lipinski definition) is 2. The van der Waals surface area contributed by atoms with E-state index in [1.807, 2.05) is 0 Å². The number of hydrogen-bond acceptors (Lipinski definition) is 4. The fraction of sp³-hybridized carbons (Fsp3) is 1.00. The SMILES string of the molecule is C1COCCN1.NS(=O)(=O)C(F)(F)F. The average Bonchev–Trinajstić information content (AvgIpc) is 2.05. The number of alkyl halides is 3. The summed E-state index contributed by atoms with van der Waals surface area (Å²) in [6.45, 7) is 3.83. The summed E-state index contributed by atoms with van der Waals surface area (Å²) in [6.07, 6.45) is 0. The Morgan fingerprint density at radius 2 is 1.57 bits per heavy atom. The third-order valence-electron chi connectivity index (χ3n) is 1.17. The first-order valence-corrected chi connectivity index (χ1v) is 5.17. The van der Waals surface area contributed by atoms with Crippen LogP contribution in [-0.2, 0) is 14.8 Å². The molecule has 5 nitrogen and oxygen atoms in total. The Morgan fingerprint density at radius 1 is 1.21 bits per heavy atom. The molecule has 1 saturated heterocycles. The van der Waals surface area contributed by atoms with E-state index in [0.29, 0.717) is 0 Å². The van der Waals surface area contributed by atoms with Crippen LogP contribution >= 0.6 is 0 Å². The van der Waals surface area contributed by atoms with Gasteiger partial charge in [0.25, 0.3) is 0 Å². The second kappa shape index (κ2) is 5.49. The van der Waals surface area contributed by atoms with Crippen molar-refractivity contribution in [2.75, 3.05) is 26.3 Å². The zero-order valence-corrected chi connectivity index (χ0v) is 7.99. The fourth-order valence-corrected chi connectivity index (χ4v) is 0.516. The van der Waals surface area contributed by atoms with Gasteiger partial charge in [0.2, 0.25) is 0 Å². The highest BCUT2D eigenvalue weighted by Gasteiger charge is 2.42. The molecule has 0 atom stereocenters. The Bertz CT molecular complexity index is 236. The van der Waals surface area contributed by atoms with Gasteiger partial charge in [-0.15, -0.1) is 0 Å². The van der Waals surface area contributed by atoms with Gasteiger partial charge < -0.3 is 10.1 Å². The summed E-state index contributed by atoms with van der Waals surface area (Å²) in [5.41, 5.74) is -5.31. The van der Waals surface area contributed by atoms with E-state index >= 15 is 0 Å². The van der Waals surface area contributed by atoms with Gasteiger partial charge >= 0.3 is 15.5 Å². The van der Waals surface area contributed by atoms with Crippen molar-refractivity contribution < 1.29 is 26.3 Å². The van der Waals surface area contributed by atoms with E-state index in [1.54, 1.807) is 0 Å². The third-order valence-corrected chi connectivity index (χ3v) is 1.81. The summed E-state index contributed by atoms with van der Waals surface area (Å²) >= 11 is 0. The molecule has 1 aliphatic heterocycles. The Balaban J connectivity index is 0.000000249. The highest BCUT2D eigenvalue weighted by molar-refractivity contribution is 7.90. The summed E-state index contributed by atoms with van der Waals surface area (Å²) in [7, 11) is -5.34. The predicted octanol–water partition coefficient (Wildman–Crippen LogP) is -0.599. The van der Waals surface area contributed by atoms with Crippen molar-refractivity contribution in [1.29, 1.82) is 0 Å². The maximum atomic E-state index is 10.8. The van der Waals surface area contributed by atoms with Crippen LogP contribution in [-0.4, -0.2) is 40.2 Å². The first kappa shape index (κ1) is 13.6. The minimum atomic E-state index is -5.34. The van der Waals surface area contributed by atoms with Gasteiger partial charge in [-0.1, -0.05) is 0 Å². The van der Waals surface area contributed by atoms with Crippen molar-refractivity contribution in [1.82, 2.24) is 5.32 Å². The number of sulfonamides is 1. The molecule has 0 radical (unpaired) electrons. The lowest BCUT2D eigenvalue weighted by atomic mass is 10.5. The number of halogens is 3. The van der Waals surface area contributed by atoms with Crippen molar-refractivity contribution in [3.63, 3.8) is 0 Å². The lowest BCUT2D eigenvalue weighted by Gasteiger charge is -2.10. The summed E-state index contributed by atoms with van der Waals surface area (Å²) in [6, 6.07) is 0. The van der Waals surface area contributed by atoms with E-state index in [1.165, 1.54) is 0 Å². The molecule has 1 fully saturated rings. The molecule has 0 saturated carbocycles. The molecular formula is C5H11F3N2O3S. The molecule has 1 heterocycles. The van der Waals surface area contributed by atoms with Gasteiger partial charge in [0.15, 0.2) is 0 Å². The Labute approximate surface area is 79.5 Å². The van der Waals surface area contributed by atoms with Gasteiger partial charge in [-0.2, -0.15) is 13.2 Å². The van der Waals surface area contributed by atoms with Crippen molar-refractivity contribution in [3.05, 3.63) is 0 Å². The van der Waals surface area contributed by atoms with Gasteiger partial charge in [-0.3, -0.25) is 0 Å². The van der Waals surface area contributed by atoms with Crippen LogP contribution < -0.4 is 10.5 Å². The zero-order chi connectivity index (χ0) is 11.2. The van der Waals surface area contributed by atoms with E-state index in [2.05, 4.69) is 10.5 Å². The Hall–Kier alpha value is -0.380. The quantitative estimate of drug-likeness (QED) is 0.588. The molecule has 3 N–H and O–H groups in total. The van der Waals surface area contributed by atoms with Crippen LogP contribution in [0.25, 0.3) is 0 Å². The van der Waals surface area contributed by atoms with Crippen LogP contribution in [0.15, 0.2) is 0 Å². The maximum Gasteiger partial charge on any atom is 0.511 e. The topological polar surface area (TPSA) is 81.4 Å². The van der Waals surface area contributed by atoms with Crippen LogP contribution in [0.5, 0.6) is 0 Å². The summed E-state index contributed by atoms with van der Waals surface area (Å²) in [5, 5.41) is 6.82. The maximum absolute atomic E-state index is 10.8. The largest absolute Gasteiger partial charge is 0.511 e. The molecule has 0 aromatic carbocycles. The zero-order valence-electron chi connectivity index (χ0n) is 7.17. The fourth-order valence-electron chi connectivity index (χ4n) is 0.516. The van der Waals surface area contributed by atoms with E-state index in [9.17, 15) is 21.6 Å². The molecule has 0 amide bonds. The Kier molecular flexibility index (Phi) is 5.34. The normalized spacial score (nSPS) is 18.3. The monoisotopic (exact) mass is 236 g/mol. The molecule has 0 spiro atoms. The number of morpholine rings is 1. The van der Waals surface area contributed by atoms with E-state index in [4.69, 9.17) is 4.74 Å². The first-order valence-electron chi connectivity index (χ1n) is 3.62. The summed E-state index contributed by atoms with van der Waals surface area (Å²) in [4.78, 5) is 0. The van der Waals surface area contributed by atoms with Crippen LogP contribution in [0.3, 0.4) is 0 Å². The third kappa shape index (κ3) is 6.13. The van der Waals surface area contributed by atoms with Crippen molar-refractivity contribution in [2.24, 2.45) is 5.14 Å². The number of primary sulfonamides is 1. The molecule has 0 aliphatic carbocycles. The van der Waals surface area contributed by atoms with Crippen LogP contribution in [0, 0.1) is 0 Å². The highest BCUT2D eigenvalue weighted by atomic mass is 32.2. The standard InChI is InChI=1S/C4H9NO.CH2F3NO2S/c1-3-6-4-2-5-1;2-1(3,4)8(5,6)7/h5H,1-4H2;(H2,5,6,7). The van der Waals surface area contributed by atoms with Crippen molar-refractivity contribution in [2.45, 2.75) is 5.51 Å². The van der Waals surface area contributed by atoms with Crippen molar-refractivity contribution >= 4 is 10.0 Å². The van der Waals surface area contributed by atoms with E-state index in [0.717, 1.165) is 26.3 Å². The molecule has 14 heavy (non-hydrogen) atoms. The van der Waals surface area contributed by atoms with Crippen LogP contribution in [0.1, 0.15) is 0 Å². The number of ether oxygens (including phenoxy) is 1. The molecule has 86 valence electrons. The molecule has 0 unspecified atom stereocenters. The second-order valence-corrected chi connectivity index (χ2v) is 3.91. The molecule has 0 aromatic rings. The van der Waals surface area contributed by atoms with Crippen LogP contribution in [0.2, 0.25) is 0 Å². The van der Waals surface area contributed by atoms with Gasteiger partial charge in [0, 0.05) is 13.1 Å². The second-order valence-electron chi connectivity index (χ2n) is 2.35. The van der Waals surface area contributed by atoms with E-state index < -0.39 is 15.5 Å². The molecule has 1 rings (SSSR count). The number of nitrogens with one attached hydrogen (secondary N) is 1. The van der Waals surface area contributed by atoms with Gasteiger partial charge in [-0.05, 0) is 0 Å². The van der Waals surface area contributed by atoms with Gasteiger partial charge in [-0.25, -0.2) is 13.6 Å². The molecule has 1 aliphatic rings.